The standard InChI is InChI=1S/C20H32N2OS/c1-3-16-23-19-4-6-20(7-5-19)24-22-14-10-18(11-15-22)21-12-8-17(2)9-13-21/h4-7,17-18H,3,8-16H2,1-2H3. The third-order valence-corrected chi connectivity index (χ3v) is 6.40. The first-order valence-corrected chi connectivity index (χ1v) is 10.4. The Balaban J connectivity index is 1.42. The summed E-state index contributed by atoms with van der Waals surface area (Å²) in [5.74, 6) is 1.92. The predicted molar refractivity (Wildman–Crippen MR) is 103 cm³/mol. The number of hydrogen-bond acceptors (Lipinski definition) is 4. The molecule has 0 aliphatic carbocycles. The first-order valence-electron chi connectivity index (χ1n) is 9.64. The highest BCUT2D eigenvalue weighted by Crippen LogP contribution is 2.30. The Bertz CT molecular complexity index is 477. The minimum absolute atomic E-state index is 0.801. The van der Waals surface area contributed by atoms with E-state index in [1.54, 1.807) is 0 Å². The van der Waals surface area contributed by atoms with Crippen molar-refractivity contribution in [2.45, 2.75) is 56.9 Å². The van der Waals surface area contributed by atoms with Crippen LogP contribution in [0.5, 0.6) is 5.75 Å². The molecule has 0 N–H and O–H groups in total. The molecule has 2 heterocycles. The Kier molecular flexibility index (Phi) is 6.87. The molecule has 1 aromatic carbocycles. The van der Waals surface area contributed by atoms with Gasteiger partial charge in [-0.05, 0) is 87.3 Å². The average Bonchev–Trinajstić information content (AvgIpc) is 2.63. The van der Waals surface area contributed by atoms with Crippen molar-refractivity contribution in [1.82, 2.24) is 9.21 Å². The number of ether oxygens (including phenoxy) is 1. The first-order chi connectivity index (χ1) is 11.7. The van der Waals surface area contributed by atoms with Crippen LogP contribution in [0.2, 0.25) is 0 Å². The van der Waals surface area contributed by atoms with E-state index in [2.05, 4.69) is 47.3 Å². The largest absolute Gasteiger partial charge is 0.494 e. The third kappa shape index (κ3) is 5.14. The summed E-state index contributed by atoms with van der Waals surface area (Å²) < 4.78 is 8.19. The molecular formula is C20H32N2OS. The maximum absolute atomic E-state index is 5.66. The fourth-order valence-corrected chi connectivity index (χ4v) is 4.61. The molecule has 2 aliphatic rings. The highest BCUT2D eigenvalue weighted by molar-refractivity contribution is 7.97. The van der Waals surface area contributed by atoms with Gasteiger partial charge in [-0.2, -0.15) is 0 Å². The van der Waals surface area contributed by atoms with E-state index in [4.69, 9.17) is 4.74 Å². The van der Waals surface area contributed by atoms with Gasteiger partial charge in [0.05, 0.1) is 6.61 Å². The molecule has 24 heavy (non-hydrogen) atoms. The number of hydrogen-bond donors (Lipinski definition) is 0. The second kappa shape index (κ2) is 9.12. The zero-order valence-electron chi connectivity index (χ0n) is 15.2. The molecule has 3 nitrogen and oxygen atoms in total. The SMILES string of the molecule is CCCOc1ccc(SN2CCC(N3CCC(C)CC3)CC2)cc1. The average molecular weight is 349 g/mol. The van der Waals surface area contributed by atoms with Crippen LogP contribution in [0.4, 0.5) is 0 Å². The highest BCUT2D eigenvalue weighted by atomic mass is 32.2. The molecule has 134 valence electrons. The van der Waals surface area contributed by atoms with Gasteiger partial charge in [0.2, 0.25) is 0 Å². The fraction of sp³-hybridized carbons (Fsp3) is 0.700. The second-order valence-corrected chi connectivity index (χ2v) is 8.46. The predicted octanol–water partition coefficient (Wildman–Crippen LogP) is 4.68. The molecule has 2 aliphatic heterocycles. The van der Waals surface area contributed by atoms with E-state index in [0.29, 0.717) is 0 Å². The van der Waals surface area contributed by atoms with Crippen LogP contribution in [0.1, 0.15) is 46.0 Å². The lowest BCUT2D eigenvalue weighted by Gasteiger charge is -2.41. The zero-order valence-corrected chi connectivity index (χ0v) is 16.1. The number of piperidine rings is 2. The van der Waals surface area contributed by atoms with Crippen molar-refractivity contribution in [1.29, 1.82) is 0 Å². The molecule has 3 rings (SSSR count). The third-order valence-electron chi connectivity index (χ3n) is 5.29. The summed E-state index contributed by atoms with van der Waals surface area (Å²) in [7, 11) is 0. The first kappa shape index (κ1) is 18.1. The van der Waals surface area contributed by atoms with Crippen molar-refractivity contribution >= 4 is 11.9 Å². The van der Waals surface area contributed by atoms with Gasteiger partial charge in [-0.1, -0.05) is 13.8 Å². The molecule has 0 radical (unpaired) electrons. The highest BCUT2D eigenvalue weighted by Gasteiger charge is 2.27. The molecule has 0 atom stereocenters. The lowest BCUT2D eigenvalue weighted by atomic mass is 9.95. The maximum Gasteiger partial charge on any atom is 0.119 e. The molecular weight excluding hydrogens is 316 g/mol. The number of rotatable bonds is 6. The lowest BCUT2D eigenvalue weighted by Crippen LogP contribution is -2.46. The summed E-state index contributed by atoms with van der Waals surface area (Å²) in [6, 6.07) is 9.39. The van der Waals surface area contributed by atoms with E-state index < -0.39 is 0 Å². The summed E-state index contributed by atoms with van der Waals surface area (Å²) in [5.41, 5.74) is 0. The minimum atomic E-state index is 0.801. The van der Waals surface area contributed by atoms with Crippen molar-refractivity contribution in [3.8, 4) is 5.75 Å². The van der Waals surface area contributed by atoms with Gasteiger partial charge in [0.15, 0.2) is 0 Å². The summed E-state index contributed by atoms with van der Waals surface area (Å²) >= 11 is 1.91. The van der Waals surface area contributed by atoms with Gasteiger partial charge in [-0.15, -0.1) is 0 Å². The number of likely N-dealkylation sites (tertiary alicyclic amines) is 1. The summed E-state index contributed by atoms with van der Waals surface area (Å²) in [6.45, 7) is 10.4. The van der Waals surface area contributed by atoms with Crippen molar-refractivity contribution < 1.29 is 4.74 Å². The Morgan fingerprint density at radius 3 is 2.29 bits per heavy atom. The molecule has 1 aromatic rings. The number of nitrogens with zero attached hydrogens (tertiary/aromatic N) is 2. The van der Waals surface area contributed by atoms with E-state index in [1.165, 1.54) is 56.8 Å². The Labute approximate surface area is 151 Å². The summed E-state index contributed by atoms with van der Waals surface area (Å²) in [5, 5.41) is 0. The Morgan fingerprint density at radius 2 is 1.67 bits per heavy atom. The van der Waals surface area contributed by atoms with Crippen LogP contribution in [-0.4, -0.2) is 48.0 Å². The van der Waals surface area contributed by atoms with Crippen molar-refractivity contribution in [2.75, 3.05) is 32.8 Å². The minimum Gasteiger partial charge on any atom is -0.494 e. The molecule has 4 heteroatoms. The quantitative estimate of drug-likeness (QED) is 0.693. The molecule has 0 spiro atoms. The van der Waals surface area contributed by atoms with Crippen LogP contribution in [0, 0.1) is 5.92 Å². The molecule has 0 bridgehead atoms. The molecule has 0 aromatic heterocycles. The van der Waals surface area contributed by atoms with Gasteiger partial charge in [0, 0.05) is 24.0 Å². The van der Waals surface area contributed by atoms with E-state index >= 15 is 0 Å². The van der Waals surface area contributed by atoms with Crippen LogP contribution in [0.25, 0.3) is 0 Å². The van der Waals surface area contributed by atoms with Gasteiger partial charge in [0.1, 0.15) is 5.75 Å². The van der Waals surface area contributed by atoms with Crippen LogP contribution in [-0.2, 0) is 0 Å². The Morgan fingerprint density at radius 1 is 1.00 bits per heavy atom. The molecule has 0 unspecified atom stereocenters. The normalized spacial score (nSPS) is 21.9. The van der Waals surface area contributed by atoms with Crippen LogP contribution in [0.15, 0.2) is 29.2 Å². The Hall–Kier alpha value is -0.710. The summed E-state index contributed by atoms with van der Waals surface area (Å²) in [6.07, 6.45) is 6.47. The smallest absolute Gasteiger partial charge is 0.119 e. The maximum atomic E-state index is 5.66. The van der Waals surface area contributed by atoms with Gasteiger partial charge < -0.3 is 9.64 Å². The topological polar surface area (TPSA) is 15.7 Å². The van der Waals surface area contributed by atoms with Crippen LogP contribution < -0.4 is 4.74 Å². The van der Waals surface area contributed by atoms with E-state index in [0.717, 1.165) is 30.7 Å². The van der Waals surface area contributed by atoms with Gasteiger partial charge in [-0.3, -0.25) is 0 Å². The number of benzene rings is 1. The monoisotopic (exact) mass is 348 g/mol. The lowest BCUT2D eigenvalue weighted by molar-refractivity contribution is 0.103. The molecule has 2 saturated heterocycles. The zero-order chi connectivity index (χ0) is 16.8. The van der Waals surface area contributed by atoms with Crippen LogP contribution >= 0.6 is 11.9 Å². The van der Waals surface area contributed by atoms with Crippen LogP contribution in [0.3, 0.4) is 0 Å². The second-order valence-electron chi connectivity index (χ2n) is 7.29. The van der Waals surface area contributed by atoms with Gasteiger partial charge in [0.25, 0.3) is 0 Å². The van der Waals surface area contributed by atoms with Gasteiger partial charge >= 0.3 is 0 Å². The van der Waals surface area contributed by atoms with Gasteiger partial charge in [-0.25, -0.2) is 4.31 Å². The summed E-state index contributed by atoms with van der Waals surface area (Å²) in [4.78, 5) is 4.08. The van der Waals surface area contributed by atoms with E-state index in [9.17, 15) is 0 Å². The van der Waals surface area contributed by atoms with E-state index in [-0.39, 0.29) is 0 Å². The van der Waals surface area contributed by atoms with Crippen molar-refractivity contribution in [3.63, 3.8) is 0 Å². The molecule has 2 fully saturated rings. The van der Waals surface area contributed by atoms with Crippen molar-refractivity contribution in [3.05, 3.63) is 24.3 Å². The fourth-order valence-electron chi connectivity index (χ4n) is 3.66. The van der Waals surface area contributed by atoms with E-state index in [1.807, 2.05) is 11.9 Å². The van der Waals surface area contributed by atoms with Crippen molar-refractivity contribution in [2.24, 2.45) is 5.92 Å². The molecule has 0 saturated carbocycles. The molecule has 0 amide bonds.